The van der Waals surface area contributed by atoms with Crippen LogP contribution in [0.25, 0.3) is 0 Å². The molecular formula is C34H54ClMnN2O4Si2-. The molecule has 247 valence electrons. The molecule has 2 unspecified atom stereocenters. The number of aromatic hydroxyl groups is 2. The molecule has 6 nitrogen and oxygen atoms in total. The van der Waals surface area contributed by atoms with Gasteiger partial charge in [0, 0.05) is 51.8 Å². The van der Waals surface area contributed by atoms with Gasteiger partial charge in [0.05, 0.1) is 12.1 Å². The predicted molar refractivity (Wildman–Crippen MR) is 183 cm³/mol. The average molecular weight is 701 g/mol. The fourth-order valence-corrected chi connectivity index (χ4v) is 6.87. The van der Waals surface area contributed by atoms with Crippen LogP contribution in [-0.2, 0) is 27.9 Å². The number of halogens is 1. The Morgan fingerprint density at radius 1 is 0.659 bits per heavy atom. The first-order valence-corrected chi connectivity index (χ1v) is 22.1. The van der Waals surface area contributed by atoms with Crippen LogP contribution in [0.5, 0.6) is 23.0 Å². The van der Waals surface area contributed by atoms with Gasteiger partial charge in [0.25, 0.3) is 0 Å². The summed E-state index contributed by atoms with van der Waals surface area (Å²) in [4.78, 5) is 9.98. The van der Waals surface area contributed by atoms with Crippen LogP contribution >= 0.6 is 0 Å². The fraction of sp³-hybridized carbons (Fsp3) is 0.588. The van der Waals surface area contributed by atoms with E-state index in [4.69, 9.17) is 18.8 Å². The van der Waals surface area contributed by atoms with Crippen LogP contribution in [0.3, 0.4) is 0 Å². The van der Waals surface area contributed by atoms with E-state index in [2.05, 4.69) is 80.8 Å². The Morgan fingerprint density at radius 3 is 1.25 bits per heavy atom. The molecule has 44 heavy (non-hydrogen) atoms. The maximum absolute atomic E-state index is 11.2. The van der Waals surface area contributed by atoms with Crippen molar-refractivity contribution in [2.75, 3.05) is 0 Å². The molecule has 1 fully saturated rings. The number of rotatable bonds is 8. The molecule has 2 N–H and O–H groups in total. The molecule has 0 aliphatic heterocycles. The van der Waals surface area contributed by atoms with Gasteiger partial charge in [-0.25, -0.2) is 0 Å². The first-order valence-electron chi connectivity index (χ1n) is 15.3. The van der Waals surface area contributed by atoms with E-state index < -0.39 is 16.6 Å². The van der Waals surface area contributed by atoms with E-state index in [1.807, 2.05) is 24.3 Å². The molecule has 0 bridgehead atoms. The summed E-state index contributed by atoms with van der Waals surface area (Å²) in [6.07, 6.45) is 7.63. The third kappa shape index (κ3) is 11.5. The van der Waals surface area contributed by atoms with Crippen molar-refractivity contribution in [1.82, 2.24) is 0 Å². The normalized spacial score (nSPS) is 18.2. The van der Waals surface area contributed by atoms with Gasteiger partial charge in [0.15, 0.2) is 0 Å². The summed E-state index contributed by atoms with van der Waals surface area (Å²) in [5.41, 5.74) is 2.56. The number of hydrogen-bond donors (Lipinski definition) is 2. The molecule has 0 aromatic heterocycles. The van der Waals surface area contributed by atoms with Crippen molar-refractivity contribution in [3.63, 3.8) is 0 Å². The molecule has 2 aromatic rings. The van der Waals surface area contributed by atoms with Crippen molar-refractivity contribution >= 4 is 29.1 Å². The SMILES string of the molecule is CC(C)(C)c1cc(O[Si](C)(C)C)cc(C=NC2CCCCC2N=Cc2cc(O[Si](C)(C)C)cc(C(C)(C)C)c2O)c1O.[Cl-].[Mn]. The minimum absolute atomic E-state index is 0. The molecule has 0 saturated heterocycles. The molecule has 0 amide bonds. The standard InChI is InChI=1S/C34H54N2O4Si2.ClH.Mn/c1-33(2,3)27-19-25(39-41(7,8)9)17-23(31(27)37)21-35-29-15-13-14-16-30(29)36-22-24-18-26(40-42(10,11)12)20-28(32(24)38)34(4,5)6;;/h17-22,29-30,37-38H,13-16H2,1-12H3;1H;/p-1. The number of hydrogen-bond acceptors (Lipinski definition) is 6. The molecule has 1 saturated carbocycles. The minimum atomic E-state index is -1.84. The number of phenols is 2. The topological polar surface area (TPSA) is 83.6 Å². The van der Waals surface area contributed by atoms with Crippen LogP contribution in [0.4, 0.5) is 0 Å². The molecule has 2 aromatic carbocycles. The first-order chi connectivity index (χ1) is 19.1. The minimum Gasteiger partial charge on any atom is -1.00 e. The molecule has 1 radical (unpaired) electrons. The van der Waals surface area contributed by atoms with Crippen molar-refractivity contribution in [3.8, 4) is 23.0 Å². The zero-order chi connectivity index (χ0) is 31.7. The summed E-state index contributed by atoms with van der Waals surface area (Å²) in [6, 6.07) is 7.72. The number of benzene rings is 2. The Balaban J connectivity index is 0.00000484. The van der Waals surface area contributed by atoms with E-state index >= 15 is 0 Å². The Bertz CT molecular complexity index is 1220. The average Bonchev–Trinajstić information content (AvgIpc) is 2.81. The van der Waals surface area contributed by atoms with Crippen LogP contribution in [0.15, 0.2) is 34.3 Å². The Kier molecular flexibility index (Phi) is 13.9. The fourth-order valence-electron chi connectivity index (χ4n) is 5.22. The van der Waals surface area contributed by atoms with Gasteiger partial charge in [-0.05, 0) is 87.2 Å². The molecule has 0 heterocycles. The van der Waals surface area contributed by atoms with E-state index in [1.165, 1.54) is 0 Å². The van der Waals surface area contributed by atoms with E-state index in [9.17, 15) is 10.2 Å². The molecule has 1 aliphatic rings. The zero-order valence-electron chi connectivity index (χ0n) is 28.8. The summed E-state index contributed by atoms with van der Waals surface area (Å²) in [7, 11) is -3.68. The van der Waals surface area contributed by atoms with Crippen molar-refractivity contribution < 1.29 is 48.5 Å². The van der Waals surface area contributed by atoms with Crippen LogP contribution < -0.4 is 21.3 Å². The van der Waals surface area contributed by atoms with Crippen LogP contribution in [0, 0.1) is 0 Å². The molecule has 10 heteroatoms. The molecular weight excluding hydrogens is 647 g/mol. The maximum atomic E-state index is 11.2. The van der Waals surface area contributed by atoms with E-state index in [0.29, 0.717) is 11.1 Å². The second-order valence-corrected chi connectivity index (χ2v) is 24.6. The monoisotopic (exact) mass is 700 g/mol. The molecule has 0 spiro atoms. The zero-order valence-corrected chi connectivity index (χ0v) is 32.7. The van der Waals surface area contributed by atoms with E-state index in [0.717, 1.165) is 48.3 Å². The summed E-state index contributed by atoms with van der Waals surface area (Å²) >= 11 is 0. The Morgan fingerprint density at radius 2 is 0.977 bits per heavy atom. The van der Waals surface area contributed by atoms with Gasteiger partial charge < -0.3 is 31.5 Å². The van der Waals surface area contributed by atoms with Crippen LogP contribution in [0.1, 0.15) is 89.5 Å². The van der Waals surface area contributed by atoms with E-state index in [-0.39, 0.29) is 63.9 Å². The summed E-state index contributed by atoms with van der Waals surface area (Å²) in [6.45, 7) is 25.5. The smallest absolute Gasteiger partial charge is 0.242 e. The predicted octanol–water partition coefficient (Wildman–Crippen LogP) is 5.97. The molecule has 1 aliphatic carbocycles. The van der Waals surface area contributed by atoms with Gasteiger partial charge >= 0.3 is 0 Å². The second-order valence-electron chi connectivity index (χ2n) is 15.7. The largest absolute Gasteiger partial charge is 1.00 e. The second kappa shape index (κ2) is 15.2. The van der Waals surface area contributed by atoms with Gasteiger partial charge in [-0.15, -0.1) is 0 Å². The van der Waals surface area contributed by atoms with Gasteiger partial charge in [0.1, 0.15) is 23.0 Å². The van der Waals surface area contributed by atoms with Gasteiger partial charge in [-0.3, -0.25) is 9.98 Å². The number of phenolic OH excluding ortho intramolecular Hbond substituents is 2. The van der Waals surface area contributed by atoms with Crippen molar-refractivity contribution in [3.05, 3.63) is 46.5 Å². The quantitative estimate of drug-likeness (QED) is 0.263. The van der Waals surface area contributed by atoms with E-state index in [1.54, 1.807) is 12.4 Å². The Labute approximate surface area is 285 Å². The van der Waals surface area contributed by atoms with Crippen LogP contribution in [-0.4, -0.2) is 51.4 Å². The summed E-state index contributed by atoms with van der Waals surface area (Å²) < 4.78 is 12.7. The molecule has 3 rings (SSSR count). The first kappa shape index (κ1) is 40.2. The van der Waals surface area contributed by atoms with Gasteiger partial charge in [-0.2, -0.15) is 0 Å². The summed E-state index contributed by atoms with van der Waals surface area (Å²) in [5, 5.41) is 22.4. The van der Waals surface area contributed by atoms with Crippen molar-refractivity contribution in [2.45, 2.75) is 129 Å². The number of aliphatic imine (C=N–C) groups is 2. The van der Waals surface area contributed by atoms with Crippen LogP contribution in [0.2, 0.25) is 39.3 Å². The summed E-state index contributed by atoms with van der Waals surface area (Å²) in [5.74, 6) is 2.07. The van der Waals surface area contributed by atoms with Gasteiger partial charge in [0.2, 0.25) is 16.6 Å². The van der Waals surface area contributed by atoms with Crippen molar-refractivity contribution in [1.29, 1.82) is 0 Å². The van der Waals surface area contributed by atoms with Crippen molar-refractivity contribution in [2.24, 2.45) is 9.98 Å². The Hall–Kier alpha value is -1.78. The molecule has 2 atom stereocenters. The maximum Gasteiger partial charge on any atom is 0.242 e. The van der Waals surface area contributed by atoms with Gasteiger partial charge in [-0.1, -0.05) is 54.4 Å². The third-order valence-corrected chi connectivity index (χ3v) is 8.89. The number of nitrogens with zero attached hydrogens (tertiary/aromatic N) is 2. The third-order valence-electron chi connectivity index (χ3n) is 7.19.